The van der Waals surface area contributed by atoms with Crippen LogP contribution in [0.5, 0.6) is 0 Å². The maximum absolute atomic E-state index is 5.34. The number of aromatic nitrogens is 4. The summed E-state index contributed by atoms with van der Waals surface area (Å²) in [6, 6.07) is 1.78. The van der Waals surface area contributed by atoms with Gasteiger partial charge in [0.25, 0.3) is 0 Å². The van der Waals surface area contributed by atoms with E-state index in [0.717, 1.165) is 17.2 Å². The lowest BCUT2D eigenvalue weighted by molar-refractivity contribution is 0.910. The maximum Gasteiger partial charge on any atom is 0.145 e. The third-order valence-electron chi connectivity index (χ3n) is 2.47. The second kappa shape index (κ2) is 3.90. The summed E-state index contributed by atoms with van der Waals surface area (Å²) in [6.45, 7) is 5.78. The Morgan fingerprint density at radius 2 is 2.00 bits per heavy atom. The molecule has 0 atom stereocenters. The number of anilines is 1. The molecular weight excluding hydrogens is 204 g/mol. The van der Waals surface area contributed by atoms with Gasteiger partial charge in [0, 0.05) is 11.8 Å². The molecule has 0 saturated carbocycles. The van der Waals surface area contributed by atoms with E-state index in [-0.39, 0.29) is 0 Å². The van der Waals surface area contributed by atoms with Crippen LogP contribution >= 0.6 is 0 Å². The topological polar surface area (TPSA) is 81.6 Å². The van der Waals surface area contributed by atoms with E-state index in [0.29, 0.717) is 11.6 Å². The Morgan fingerprint density at radius 1 is 1.25 bits per heavy atom. The summed E-state index contributed by atoms with van der Waals surface area (Å²) in [5.74, 6) is 7.36. The molecule has 0 aliphatic rings. The summed E-state index contributed by atoms with van der Waals surface area (Å²) in [4.78, 5) is 12.7. The molecule has 2 heterocycles. The minimum absolute atomic E-state index is 0.591. The lowest BCUT2D eigenvalue weighted by atomic mass is 10.4. The second-order valence-corrected chi connectivity index (χ2v) is 3.59. The van der Waals surface area contributed by atoms with Crippen molar-refractivity contribution < 1.29 is 0 Å². The van der Waals surface area contributed by atoms with Crippen LogP contribution in [0.15, 0.2) is 12.4 Å². The maximum atomic E-state index is 5.34. The lowest BCUT2D eigenvalue weighted by Crippen LogP contribution is -2.11. The van der Waals surface area contributed by atoms with Gasteiger partial charge in [-0.25, -0.2) is 20.8 Å². The summed E-state index contributed by atoms with van der Waals surface area (Å²) in [6.07, 6.45) is 1.74. The highest BCUT2D eigenvalue weighted by atomic mass is 15.3. The molecule has 84 valence electrons. The van der Waals surface area contributed by atoms with E-state index in [1.165, 1.54) is 0 Å². The van der Waals surface area contributed by atoms with Crippen molar-refractivity contribution in [3.63, 3.8) is 0 Å². The Morgan fingerprint density at radius 3 is 2.56 bits per heavy atom. The molecule has 0 fully saturated rings. The van der Waals surface area contributed by atoms with Crippen LogP contribution in [0.4, 0.5) is 5.82 Å². The summed E-state index contributed by atoms with van der Waals surface area (Å²) >= 11 is 0. The number of aryl methyl sites for hydroxylation is 2. The third kappa shape index (κ3) is 1.74. The Labute approximate surface area is 93.5 Å². The van der Waals surface area contributed by atoms with Gasteiger partial charge in [-0.05, 0) is 20.8 Å². The molecule has 6 heteroatoms. The Hall–Kier alpha value is -1.95. The van der Waals surface area contributed by atoms with Crippen molar-refractivity contribution >= 4 is 5.82 Å². The van der Waals surface area contributed by atoms with Crippen LogP contribution in [-0.2, 0) is 0 Å². The van der Waals surface area contributed by atoms with Gasteiger partial charge in [-0.3, -0.25) is 4.57 Å². The number of imidazole rings is 1. The molecule has 0 bridgehead atoms. The van der Waals surface area contributed by atoms with Gasteiger partial charge in [-0.1, -0.05) is 0 Å². The Kier molecular flexibility index (Phi) is 2.57. The van der Waals surface area contributed by atoms with E-state index in [1.807, 2.05) is 25.3 Å². The molecule has 0 aliphatic carbocycles. The van der Waals surface area contributed by atoms with Crippen molar-refractivity contribution in [3.05, 3.63) is 29.6 Å². The molecule has 0 unspecified atom stereocenters. The van der Waals surface area contributed by atoms with Crippen LogP contribution in [-0.4, -0.2) is 19.5 Å². The zero-order chi connectivity index (χ0) is 11.7. The molecular formula is C10H14N6. The molecule has 0 saturated heterocycles. The average molecular weight is 218 g/mol. The highest BCUT2D eigenvalue weighted by Crippen LogP contribution is 2.14. The van der Waals surface area contributed by atoms with Gasteiger partial charge in [-0.15, -0.1) is 0 Å². The van der Waals surface area contributed by atoms with Crippen molar-refractivity contribution in [1.82, 2.24) is 19.5 Å². The van der Waals surface area contributed by atoms with Crippen molar-refractivity contribution in [2.24, 2.45) is 5.84 Å². The summed E-state index contributed by atoms with van der Waals surface area (Å²) in [5.41, 5.74) is 4.56. The fraction of sp³-hybridized carbons (Fsp3) is 0.300. The standard InChI is InChI=1S/C10H14N6/c1-6-7(2)16(5-12-6)10-4-9(15-11)13-8(3)14-10/h4-5H,11H2,1-3H3,(H,13,14,15). The zero-order valence-electron chi connectivity index (χ0n) is 9.52. The normalized spacial score (nSPS) is 10.5. The third-order valence-corrected chi connectivity index (χ3v) is 2.47. The van der Waals surface area contributed by atoms with Gasteiger partial charge in [0.2, 0.25) is 0 Å². The smallest absolute Gasteiger partial charge is 0.145 e. The largest absolute Gasteiger partial charge is 0.308 e. The number of nitrogens with zero attached hydrogens (tertiary/aromatic N) is 4. The Bertz CT molecular complexity index is 516. The molecule has 2 aromatic rings. The van der Waals surface area contributed by atoms with E-state index >= 15 is 0 Å². The second-order valence-electron chi connectivity index (χ2n) is 3.59. The van der Waals surface area contributed by atoms with Gasteiger partial charge in [0.1, 0.15) is 23.8 Å². The van der Waals surface area contributed by atoms with E-state index in [9.17, 15) is 0 Å². The van der Waals surface area contributed by atoms with Crippen LogP contribution in [0.25, 0.3) is 5.82 Å². The quantitative estimate of drug-likeness (QED) is 0.577. The predicted molar refractivity (Wildman–Crippen MR) is 61.2 cm³/mol. The predicted octanol–water partition coefficient (Wildman–Crippen LogP) is 0.873. The van der Waals surface area contributed by atoms with Gasteiger partial charge in [0.05, 0.1) is 5.69 Å². The number of nitrogens with two attached hydrogens (primary N) is 1. The van der Waals surface area contributed by atoms with Crippen LogP contribution < -0.4 is 11.3 Å². The molecule has 0 amide bonds. The molecule has 0 aromatic carbocycles. The zero-order valence-corrected chi connectivity index (χ0v) is 9.52. The first kappa shape index (κ1) is 10.6. The summed E-state index contributed by atoms with van der Waals surface area (Å²) in [7, 11) is 0. The molecule has 16 heavy (non-hydrogen) atoms. The number of hydrazine groups is 1. The van der Waals surface area contributed by atoms with Crippen molar-refractivity contribution in [2.75, 3.05) is 5.43 Å². The van der Waals surface area contributed by atoms with Crippen LogP contribution in [0.3, 0.4) is 0 Å². The number of nitrogen functional groups attached to an aromatic ring is 1. The minimum Gasteiger partial charge on any atom is -0.308 e. The highest BCUT2D eigenvalue weighted by Gasteiger charge is 2.07. The molecule has 2 aromatic heterocycles. The number of hydrogen-bond donors (Lipinski definition) is 2. The number of hydrogen-bond acceptors (Lipinski definition) is 5. The van der Waals surface area contributed by atoms with Crippen molar-refractivity contribution in [3.8, 4) is 5.82 Å². The SMILES string of the molecule is Cc1nc(NN)cc(-n2cnc(C)c2C)n1. The first-order valence-corrected chi connectivity index (χ1v) is 4.95. The van der Waals surface area contributed by atoms with Crippen molar-refractivity contribution in [2.45, 2.75) is 20.8 Å². The van der Waals surface area contributed by atoms with Crippen molar-refractivity contribution in [1.29, 1.82) is 0 Å². The van der Waals surface area contributed by atoms with Gasteiger partial charge < -0.3 is 5.43 Å². The first-order valence-electron chi connectivity index (χ1n) is 4.95. The average Bonchev–Trinajstić information content (AvgIpc) is 2.59. The molecule has 0 spiro atoms. The lowest BCUT2D eigenvalue weighted by Gasteiger charge is -2.07. The first-order chi connectivity index (χ1) is 7.61. The monoisotopic (exact) mass is 218 g/mol. The molecule has 0 aliphatic heterocycles. The van der Waals surface area contributed by atoms with Gasteiger partial charge in [0.15, 0.2) is 0 Å². The van der Waals surface area contributed by atoms with Crippen LogP contribution in [0.2, 0.25) is 0 Å². The number of nitrogens with one attached hydrogen (secondary N) is 1. The van der Waals surface area contributed by atoms with E-state index in [2.05, 4.69) is 20.4 Å². The van der Waals surface area contributed by atoms with E-state index in [1.54, 1.807) is 12.4 Å². The van der Waals surface area contributed by atoms with Crippen LogP contribution in [0.1, 0.15) is 17.2 Å². The van der Waals surface area contributed by atoms with E-state index < -0.39 is 0 Å². The van der Waals surface area contributed by atoms with Gasteiger partial charge in [-0.2, -0.15) is 0 Å². The summed E-state index contributed by atoms with van der Waals surface area (Å²) in [5, 5.41) is 0. The molecule has 3 N–H and O–H groups in total. The highest BCUT2D eigenvalue weighted by molar-refractivity contribution is 5.41. The van der Waals surface area contributed by atoms with Crippen LogP contribution in [0, 0.1) is 20.8 Å². The molecule has 2 rings (SSSR count). The number of rotatable bonds is 2. The fourth-order valence-electron chi connectivity index (χ4n) is 1.48. The minimum atomic E-state index is 0.591. The van der Waals surface area contributed by atoms with E-state index in [4.69, 9.17) is 5.84 Å². The fourth-order valence-corrected chi connectivity index (χ4v) is 1.48. The molecule has 0 radical (unpaired) electrons. The Balaban J connectivity index is 2.55. The summed E-state index contributed by atoms with van der Waals surface area (Å²) < 4.78 is 1.91. The molecule has 6 nitrogen and oxygen atoms in total. The van der Waals surface area contributed by atoms with Gasteiger partial charge >= 0.3 is 0 Å².